The van der Waals surface area contributed by atoms with Gasteiger partial charge in [0.15, 0.2) is 0 Å². The summed E-state index contributed by atoms with van der Waals surface area (Å²) in [6.45, 7) is 6.71. The van der Waals surface area contributed by atoms with Gasteiger partial charge in [0.25, 0.3) is 0 Å². The molecule has 1 fully saturated rings. The van der Waals surface area contributed by atoms with Gasteiger partial charge in [-0.15, -0.1) is 0 Å². The molecule has 100 valence electrons. The molecule has 0 atom stereocenters. The first-order chi connectivity index (χ1) is 7.90. The van der Waals surface area contributed by atoms with Gasteiger partial charge in [0.1, 0.15) is 11.6 Å². The van der Waals surface area contributed by atoms with Gasteiger partial charge in [-0.1, -0.05) is 6.42 Å². The Kier molecular flexibility index (Phi) is 13.8. The Bertz CT molecular complexity index is 222. The summed E-state index contributed by atoms with van der Waals surface area (Å²) in [5.41, 5.74) is 0. The van der Waals surface area contributed by atoms with E-state index in [1.165, 1.54) is 27.2 Å². The molecule has 0 aromatic carbocycles. The molecule has 0 aliphatic heterocycles. The highest BCUT2D eigenvalue weighted by Gasteiger charge is 2.05. The molecule has 1 rings (SSSR count). The fourth-order valence-electron chi connectivity index (χ4n) is 1.15. The van der Waals surface area contributed by atoms with Crippen molar-refractivity contribution in [3.8, 4) is 0 Å². The minimum Gasteiger partial charge on any atom is -0.466 e. The van der Waals surface area contributed by atoms with Crippen molar-refractivity contribution in [1.29, 1.82) is 0 Å². The molecule has 0 unspecified atom stereocenters. The van der Waals surface area contributed by atoms with Crippen molar-refractivity contribution in [2.24, 2.45) is 0 Å². The van der Waals surface area contributed by atoms with Crippen LogP contribution in [-0.2, 0) is 19.1 Å². The van der Waals surface area contributed by atoms with E-state index in [2.05, 4.69) is 4.74 Å². The number of rotatable bonds is 1. The zero-order chi connectivity index (χ0) is 13.7. The van der Waals surface area contributed by atoms with E-state index in [4.69, 9.17) is 0 Å². The standard InChI is InChI=1S/C6H10O.C4H8O2.C3H6O/c7-6-4-2-1-3-5-6;1-3-6-4(2)5;1-3(2)4/h1-5H2;3H2,1-2H3;1-2H3. The van der Waals surface area contributed by atoms with Crippen LogP contribution in [0.15, 0.2) is 0 Å². The second-order valence-corrected chi connectivity index (χ2v) is 3.93. The molecule has 0 aromatic heterocycles. The van der Waals surface area contributed by atoms with Crippen molar-refractivity contribution in [2.45, 2.75) is 59.8 Å². The number of Topliss-reactive ketones (excluding diaryl/α,β-unsaturated/α-hetero) is 2. The van der Waals surface area contributed by atoms with Crippen LogP contribution in [0, 0.1) is 0 Å². The number of carbonyl (C=O) groups is 3. The molecule has 1 saturated carbocycles. The Labute approximate surface area is 104 Å². The Morgan fingerprint density at radius 1 is 1.06 bits per heavy atom. The lowest BCUT2D eigenvalue weighted by atomic mass is 10.00. The minimum absolute atomic E-state index is 0.167. The maximum Gasteiger partial charge on any atom is 0.302 e. The van der Waals surface area contributed by atoms with Crippen LogP contribution in [0.2, 0.25) is 0 Å². The van der Waals surface area contributed by atoms with Crippen molar-refractivity contribution in [3.05, 3.63) is 0 Å². The summed E-state index contributed by atoms with van der Waals surface area (Å²) in [6, 6.07) is 0. The number of ether oxygens (including phenoxy) is 1. The Morgan fingerprint density at radius 3 is 1.59 bits per heavy atom. The summed E-state index contributed by atoms with van der Waals surface area (Å²) in [4.78, 5) is 29.7. The van der Waals surface area contributed by atoms with Gasteiger partial charge in [-0.2, -0.15) is 0 Å². The summed E-state index contributed by atoms with van der Waals surface area (Å²) >= 11 is 0. The monoisotopic (exact) mass is 244 g/mol. The van der Waals surface area contributed by atoms with E-state index >= 15 is 0 Å². The molecular weight excluding hydrogens is 220 g/mol. The first-order valence-corrected chi connectivity index (χ1v) is 6.02. The zero-order valence-corrected chi connectivity index (χ0v) is 11.4. The van der Waals surface area contributed by atoms with Gasteiger partial charge in [-0.25, -0.2) is 0 Å². The third kappa shape index (κ3) is 25.3. The number of carbonyl (C=O) groups excluding carboxylic acids is 3. The quantitative estimate of drug-likeness (QED) is 0.665. The maximum absolute atomic E-state index is 10.5. The largest absolute Gasteiger partial charge is 0.466 e. The third-order valence-electron chi connectivity index (χ3n) is 1.76. The molecule has 0 aromatic rings. The van der Waals surface area contributed by atoms with Gasteiger partial charge >= 0.3 is 5.97 Å². The highest BCUT2D eigenvalue weighted by atomic mass is 16.5. The lowest BCUT2D eigenvalue weighted by molar-refractivity contribution is -0.140. The molecule has 17 heavy (non-hydrogen) atoms. The van der Waals surface area contributed by atoms with Crippen LogP contribution in [-0.4, -0.2) is 24.1 Å². The van der Waals surface area contributed by atoms with Crippen LogP contribution in [0.25, 0.3) is 0 Å². The molecule has 0 spiro atoms. The Balaban J connectivity index is 0. The summed E-state index contributed by atoms with van der Waals surface area (Å²) in [7, 11) is 0. The molecule has 4 heteroatoms. The minimum atomic E-state index is -0.211. The fraction of sp³-hybridized carbons (Fsp3) is 0.769. The number of ketones is 2. The van der Waals surface area contributed by atoms with Crippen LogP contribution in [0.3, 0.4) is 0 Å². The highest BCUT2D eigenvalue weighted by Crippen LogP contribution is 2.12. The molecule has 0 amide bonds. The summed E-state index contributed by atoms with van der Waals surface area (Å²) in [5, 5.41) is 0. The van der Waals surface area contributed by atoms with E-state index in [1.54, 1.807) is 6.92 Å². The predicted octanol–water partition coefficient (Wildman–Crippen LogP) is 2.68. The van der Waals surface area contributed by atoms with Gasteiger partial charge in [0, 0.05) is 19.8 Å². The second-order valence-electron chi connectivity index (χ2n) is 3.93. The SMILES string of the molecule is CC(C)=O.CCOC(C)=O.O=C1CCCCC1. The van der Waals surface area contributed by atoms with Crippen molar-refractivity contribution in [2.75, 3.05) is 6.61 Å². The normalized spacial score (nSPS) is 13.5. The first-order valence-electron chi connectivity index (χ1n) is 6.02. The average Bonchev–Trinajstić information content (AvgIpc) is 2.18. The van der Waals surface area contributed by atoms with E-state index in [-0.39, 0.29) is 11.8 Å². The highest BCUT2D eigenvalue weighted by molar-refractivity contribution is 5.78. The summed E-state index contributed by atoms with van der Waals surface area (Å²) in [6.07, 6.45) is 5.24. The van der Waals surface area contributed by atoms with Crippen molar-refractivity contribution in [3.63, 3.8) is 0 Å². The van der Waals surface area contributed by atoms with Crippen molar-refractivity contribution in [1.82, 2.24) is 0 Å². The second kappa shape index (κ2) is 12.9. The molecular formula is C13H24O4. The number of esters is 1. The Morgan fingerprint density at radius 2 is 1.47 bits per heavy atom. The van der Waals surface area contributed by atoms with Gasteiger partial charge in [0.05, 0.1) is 6.61 Å². The van der Waals surface area contributed by atoms with E-state index in [0.717, 1.165) is 25.7 Å². The van der Waals surface area contributed by atoms with Crippen LogP contribution in [0.1, 0.15) is 59.8 Å². The molecule has 1 aliphatic carbocycles. The first kappa shape index (κ1) is 18.2. The lowest BCUT2D eigenvalue weighted by Gasteiger charge is -2.05. The van der Waals surface area contributed by atoms with E-state index in [1.807, 2.05) is 0 Å². The van der Waals surface area contributed by atoms with Gasteiger partial charge in [-0.3, -0.25) is 9.59 Å². The average molecular weight is 244 g/mol. The predicted molar refractivity (Wildman–Crippen MR) is 66.8 cm³/mol. The molecule has 0 N–H and O–H groups in total. The molecule has 1 aliphatic rings. The molecule has 0 heterocycles. The number of hydrogen-bond acceptors (Lipinski definition) is 4. The van der Waals surface area contributed by atoms with Crippen LogP contribution >= 0.6 is 0 Å². The topological polar surface area (TPSA) is 60.4 Å². The smallest absolute Gasteiger partial charge is 0.302 e. The van der Waals surface area contributed by atoms with E-state index < -0.39 is 0 Å². The van der Waals surface area contributed by atoms with Crippen LogP contribution in [0.5, 0.6) is 0 Å². The summed E-state index contributed by atoms with van der Waals surface area (Å²) in [5.74, 6) is 0.420. The van der Waals surface area contributed by atoms with Crippen molar-refractivity contribution >= 4 is 17.5 Å². The van der Waals surface area contributed by atoms with Gasteiger partial charge in [-0.05, 0) is 33.6 Å². The molecule has 0 radical (unpaired) electrons. The molecule has 0 bridgehead atoms. The van der Waals surface area contributed by atoms with Gasteiger partial charge < -0.3 is 9.53 Å². The van der Waals surface area contributed by atoms with Gasteiger partial charge in [0.2, 0.25) is 0 Å². The van der Waals surface area contributed by atoms with Crippen LogP contribution in [0.4, 0.5) is 0 Å². The zero-order valence-electron chi connectivity index (χ0n) is 11.4. The fourth-order valence-corrected chi connectivity index (χ4v) is 1.15. The summed E-state index contributed by atoms with van der Waals surface area (Å²) < 4.78 is 4.40. The van der Waals surface area contributed by atoms with E-state index in [9.17, 15) is 14.4 Å². The lowest BCUT2D eigenvalue weighted by Crippen LogP contribution is -2.02. The molecule has 0 saturated heterocycles. The molecule has 4 nitrogen and oxygen atoms in total. The van der Waals surface area contributed by atoms with E-state index in [0.29, 0.717) is 12.4 Å². The Hall–Kier alpha value is -1.19. The van der Waals surface area contributed by atoms with Crippen LogP contribution < -0.4 is 0 Å². The number of hydrogen-bond donors (Lipinski definition) is 0. The third-order valence-corrected chi connectivity index (χ3v) is 1.76. The maximum atomic E-state index is 10.5. The van der Waals surface area contributed by atoms with Crippen molar-refractivity contribution < 1.29 is 19.1 Å².